The van der Waals surface area contributed by atoms with Crippen molar-refractivity contribution in [3.63, 3.8) is 0 Å². The standard InChI is InChI=1S/C6H8O6/c7-1-2(8)5-3(9)4(10)6(11)12-5/h2,5,7-10H,1H2/t2-,5+/m0/s1/i2D,5D. The monoisotopic (exact) mass is 178 g/mol. The summed E-state index contributed by atoms with van der Waals surface area (Å²) in [7, 11) is 0. The van der Waals surface area contributed by atoms with Gasteiger partial charge < -0.3 is 25.2 Å². The maximum absolute atomic E-state index is 10.7. The molecule has 0 aromatic rings. The zero-order valence-electron chi connectivity index (χ0n) is 7.81. The molecule has 0 radical (unpaired) electrons. The van der Waals surface area contributed by atoms with Crippen LogP contribution < -0.4 is 0 Å². The van der Waals surface area contributed by atoms with E-state index in [2.05, 4.69) is 4.74 Å². The number of carbonyl (C=O) groups is 1. The van der Waals surface area contributed by atoms with Crippen molar-refractivity contribution in [1.82, 2.24) is 0 Å². The molecule has 0 aromatic carbocycles. The molecule has 68 valence electrons. The topological polar surface area (TPSA) is 107 Å². The van der Waals surface area contributed by atoms with Crippen molar-refractivity contribution >= 4 is 5.97 Å². The summed E-state index contributed by atoms with van der Waals surface area (Å²) in [6, 6.07) is 0. The first kappa shape index (κ1) is 6.27. The van der Waals surface area contributed by atoms with Crippen LogP contribution in [0.25, 0.3) is 0 Å². The van der Waals surface area contributed by atoms with Crippen molar-refractivity contribution in [2.75, 3.05) is 6.61 Å². The Morgan fingerprint density at radius 3 is 2.67 bits per heavy atom. The molecule has 1 aliphatic heterocycles. The van der Waals surface area contributed by atoms with Gasteiger partial charge in [-0.05, 0) is 0 Å². The molecule has 1 aliphatic rings. The maximum Gasteiger partial charge on any atom is 0.377 e. The van der Waals surface area contributed by atoms with Gasteiger partial charge in [0.1, 0.15) is 6.08 Å². The molecule has 0 saturated carbocycles. The summed E-state index contributed by atoms with van der Waals surface area (Å²) in [4.78, 5) is 10.7. The summed E-state index contributed by atoms with van der Waals surface area (Å²) in [6.07, 6.45) is -5.85. The molecule has 2 atom stereocenters. The van der Waals surface area contributed by atoms with Crippen molar-refractivity contribution in [2.45, 2.75) is 12.2 Å². The van der Waals surface area contributed by atoms with Gasteiger partial charge in [0.2, 0.25) is 5.76 Å². The van der Waals surface area contributed by atoms with Gasteiger partial charge in [-0.1, -0.05) is 0 Å². The van der Waals surface area contributed by atoms with Crippen LogP contribution in [0.2, 0.25) is 0 Å². The van der Waals surface area contributed by atoms with Crippen LogP contribution in [-0.4, -0.2) is 45.2 Å². The van der Waals surface area contributed by atoms with Crippen LogP contribution in [-0.2, 0) is 9.53 Å². The number of carbonyl (C=O) groups excluding carboxylic acids is 1. The normalized spacial score (nSPS) is 37.0. The number of rotatable bonds is 2. The number of cyclic esters (lactones) is 1. The van der Waals surface area contributed by atoms with Crippen molar-refractivity contribution < 1.29 is 32.7 Å². The molecule has 1 rings (SSSR count). The summed E-state index contributed by atoms with van der Waals surface area (Å²) in [5.41, 5.74) is 0. The smallest absolute Gasteiger partial charge is 0.377 e. The third-order valence-corrected chi connectivity index (χ3v) is 1.24. The molecule has 0 bridgehead atoms. The highest BCUT2D eigenvalue weighted by atomic mass is 16.6. The molecule has 1 heterocycles. The summed E-state index contributed by atoms with van der Waals surface area (Å²) in [6.45, 7) is -1.25. The lowest BCUT2D eigenvalue weighted by Crippen LogP contribution is -2.31. The van der Waals surface area contributed by atoms with Crippen molar-refractivity contribution in [1.29, 1.82) is 0 Å². The first-order valence-corrected chi connectivity index (χ1v) is 2.95. The van der Waals surface area contributed by atoms with E-state index >= 15 is 0 Å². The minimum atomic E-state index is -2.95. The molecule has 0 amide bonds. The fourth-order valence-corrected chi connectivity index (χ4v) is 0.661. The molecule has 0 aromatic heterocycles. The Kier molecular flexibility index (Phi) is 1.57. The van der Waals surface area contributed by atoms with E-state index in [1.54, 1.807) is 0 Å². The van der Waals surface area contributed by atoms with Gasteiger partial charge in [-0.2, -0.15) is 0 Å². The third kappa shape index (κ3) is 1.21. The lowest BCUT2D eigenvalue weighted by molar-refractivity contribution is -0.147. The molecule has 0 aliphatic carbocycles. The van der Waals surface area contributed by atoms with Crippen LogP contribution in [0.15, 0.2) is 11.5 Å². The average Bonchev–Trinajstić information content (AvgIpc) is 2.32. The Balaban J connectivity index is 3.18. The summed E-state index contributed by atoms with van der Waals surface area (Å²) in [5, 5.41) is 35.6. The van der Waals surface area contributed by atoms with E-state index in [4.69, 9.17) is 23.2 Å². The first-order valence-electron chi connectivity index (χ1n) is 3.95. The minimum Gasteiger partial charge on any atom is -0.505 e. The Hall–Kier alpha value is -1.27. The SMILES string of the molecule is [2H][C@](O)(CO)[C@@]1([2H])OC(=O)C(O)=C1O. The highest BCUT2D eigenvalue weighted by Gasteiger charge is 2.38. The quantitative estimate of drug-likeness (QED) is 0.387. The lowest BCUT2D eigenvalue weighted by atomic mass is 10.2. The number of aliphatic hydroxyl groups is 4. The molecular formula is C6H8O6. The van der Waals surface area contributed by atoms with Gasteiger partial charge in [0.15, 0.2) is 11.8 Å². The molecule has 0 unspecified atom stereocenters. The number of esters is 1. The van der Waals surface area contributed by atoms with Crippen LogP contribution in [0.3, 0.4) is 0 Å². The largest absolute Gasteiger partial charge is 0.505 e. The Bertz CT molecular complexity index is 311. The summed E-state index contributed by atoms with van der Waals surface area (Å²) in [5.74, 6) is -3.98. The van der Waals surface area contributed by atoms with E-state index in [1.807, 2.05) is 0 Å². The van der Waals surface area contributed by atoms with Crippen LogP contribution in [0.4, 0.5) is 0 Å². The number of aliphatic hydroxyl groups excluding tert-OH is 3. The van der Waals surface area contributed by atoms with E-state index in [9.17, 15) is 4.79 Å². The highest BCUT2D eigenvalue weighted by molar-refractivity contribution is 5.89. The molecule has 0 spiro atoms. The predicted molar refractivity (Wildman–Crippen MR) is 35.3 cm³/mol. The van der Waals surface area contributed by atoms with Crippen molar-refractivity contribution in [2.24, 2.45) is 0 Å². The summed E-state index contributed by atoms with van der Waals surface area (Å²) < 4.78 is 18.3. The first-order chi connectivity index (χ1) is 6.26. The second-order valence-electron chi connectivity index (χ2n) is 2.02. The molecule has 6 nitrogen and oxygen atoms in total. The van der Waals surface area contributed by atoms with E-state index in [0.717, 1.165) is 0 Å². The lowest BCUT2D eigenvalue weighted by Gasteiger charge is -2.13. The minimum absolute atomic E-state index is 1.25. The van der Waals surface area contributed by atoms with Crippen LogP contribution in [0.1, 0.15) is 2.74 Å². The Morgan fingerprint density at radius 2 is 2.33 bits per heavy atom. The molecular weight excluding hydrogens is 168 g/mol. The van der Waals surface area contributed by atoms with Gasteiger partial charge in [0.25, 0.3) is 0 Å². The summed E-state index contributed by atoms with van der Waals surface area (Å²) >= 11 is 0. The molecule has 6 heteroatoms. The van der Waals surface area contributed by atoms with Gasteiger partial charge >= 0.3 is 5.97 Å². The zero-order valence-corrected chi connectivity index (χ0v) is 5.81. The Morgan fingerprint density at radius 1 is 1.75 bits per heavy atom. The predicted octanol–water partition coefficient (Wildman–Crippen LogP) is -1.41. The van der Waals surface area contributed by atoms with E-state index < -0.39 is 36.3 Å². The molecule has 0 fully saturated rings. The second-order valence-corrected chi connectivity index (χ2v) is 2.02. The van der Waals surface area contributed by atoms with Gasteiger partial charge in [0.05, 0.1) is 9.35 Å². The maximum atomic E-state index is 10.7. The van der Waals surface area contributed by atoms with Crippen LogP contribution in [0, 0.1) is 0 Å². The Labute approximate surface area is 70.1 Å². The van der Waals surface area contributed by atoms with Crippen LogP contribution >= 0.6 is 0 Å². The second kappa shape index (κ2) is 3.00. The third-order valence-electron chi connectivity index (χ3n) is 1.24. The van der Waals surface area contributed by atoms with Crippen molar-refractivity contribution in [3.05, 3.63) is 11.5 Å². The van der Waals surface area contributed by atoms with E-state index in [1.165, 1.54) is 0 Å². The van der Waals surface area contributed by atoms with E-state index in [0.29, 0.717) is 0 Å². The van der Waals surface area contributed by atoms with Crippen molar-refractivity contribution in [3.8, 4) is 0 Å². The zero-order chi connectivity index (χ0) is 11.1. The number of hydrogen-bond acceptors (Lipinski definition) is 6. The molecule has 12 heavy (non-hydrogen) atoms. The number of hydrogen-bond donors (Lipinski definition) is 4. The van der Waals surface area contributed by atoms with Gasteiger partial charge in [-0.15, -0.1) is 0 Å². The number of ether oxygens (including phenoxy) is 1. The molecule has 4 N–H and O–H groups in total. The van der Waals surface area contributed by atoms with Gasteiger partial charge in [0, 0.05) is 0 Å². The fourth-order valence-electron chi connectivity index (χ4n) is 0.661. The average molecular weight is 178 g/mol. The van der Waals surface area contributed by atoms with Gasteiger partial charge in [-0.25, -0.2) is 4.79 Å². The van der Waals surface area contributed by atoms with E-state index in [-0.39, 0.29) is 0 Å². The molecule has 0 saturated heterocycles. The van der Waals surface area contributed by atoms with Gasteiger partial charge in [-0.3, -0.25) is 0 Å². The fraction of sp³-hybridized carbons (Fsp3) is 0.500. The van der Waals surface area contributed by atoms with Crippen LogP contribution in [0.5, 0.6) is 0 Å². The highest BCUT2D eigenvalue weighted by Crippen LogP contribution is 2.20.